The molecule has 4 heterocycles. The zero-order chi connectivity index (χ0) is 17.1. The molecule has 1 aliphatic rings. The highest BCUT2D eigenvalue weighted by Crippen LogP contribution is 2.24. The van der Waals surface area contributed by atoms with Crippen LogP contribution in [0.3, 0.4) is 0 Å². The van der Waals surface area contributed by atoms with Crippen LogP contribution in [0.4, 0.5) is 5.82 Å². The van der Waals surface area contributed by atoms with Crippen LogP contribution in [0.2, 0.25) is 0 Å². The number of aromatic nitrogens is 3. The van der Waals surface area contributed by atoms with Crippen molar-refractivity contribution in [1.29, 1.82) is 0 Å². The maximum absolute atomic E-state index is 4.82. The topological polar surface area (TPSA) is 53.9 Å². The molecule has 0 unspecified atom stereocenters. The van der Waals surface area contributed by atoms with Gasteiger partial charge in [0.2, 0.25) is 0 Å². The molecule has 0 radical (unpaired) electrons. The number of piperazine rings is 1. The molecule has 5 nitrogen and oxygen atoms in total. The molecular formula is C20H21N5. The van der Waals surface area contributed by atoms with Gasteiger partial charge in [-0.2, -0.15) is 0 Å². The van der Waals surface area contributed by atoms with Crippen LogP contribution in [0.1, 0.15) is 5.56 Å². The summed E-state index contributed by atoms with van der Waals surface area (Å²) in [5.41, 5.74) is 5.00. The van der Waals surface area contributed by atoms with Crippen LogP contribution in [0.25, 0.3) is 22.6 Å². The highest BCUT2D eigenvalue weighted by Gasteiger charge is 2.13. The first-order valence-electron chi connectivity index (χ1n) is 8.62. The molecule has 126 valence electrons. The van der Waals surface area contributed by atoms with E-state index in [0.717, 1.165) is 54.6 Å². The predicted molar refractivity (Wildman–Crippen MR) is 101 cm³/mol. The third-order valence-electron chi connectivity index (χ3n) is 4.41. The monoisotopic (exact) mass is 331 g/mol. The van der Waals surface area contributed by atoms with Gasteiger partial charge in [0.15, 0.2) is 0 Å². The molecule has 25 heavy (non-hydrogen) atoms. The first-order valence-corrected chi connectivity index (χ1v) is 8.62. The molecule has 0 spiro atoms. The van der Waals surface area contributed by atoms with Gasteiger partial charge in [0.05, 0.1) is 17.1 Å². The summed E-state index contributed by atoms with van der Waals surface area (Å²) >= 11 is 0. The number of nitrogens with one attached hydrogen (secondary N) is 1. The molecule has 0 bridgehead atoms. The Balaban J connectivity index is 1.67. The van der Waals surface area contributed by atoms with Gasteiger partial charge in [-0.05, 0) is 48.9 Å². The highest BCUT2D eigenvalue weighted by molar-refractivity contribution is 5.66. The molecule has 1 fully saturated rings. The van der Waals surface area contributed by atoms with Gasteiger partial charge in [-0.25, -0.2) is 9.97 Å². The number of nitrogens with zero attached hydrogens (tertiary/aromatic N) is 4. The minimum atomic E-state index is 0.890. The third kappa shape index (κ3) is 3.51. The van der Waals surface area contributed by atoms with E-state index in [2.05, 4.69) is 39.2 Å². The van der Waals surface area contributed by atoms with E-state index in [4.69, 9.17) is 4.98 Å². The summed E-state index contributed by atoms with van der Waals surface area (Å²) in [5.74, 6) is 1.01. The maximum atomic E-state index is 4.82. The van der Waals surface area contributed by atoms with E-state index in [-0.39, 0.29) is 0 Å². The van der Waals surface area contributed by atoms with Gasteiger partial charge >= 0.3 is 0 Å². The Morgan fingerprint density at radius 1 is 0.880 bits per heavy atom. The van der Waals surface area contributed by atoms with Crippen LogP contribution in [-0.4, -0.2) is 41.1 Å². The van der Waals surface area contributed by atoms with Gasteiger partial charge in [-0.15, -0.1) is 0 Å². The minimum Gasteiger partial charge on any atom is -0.354 e. The second-order valence-corrected chi connectivity index (χ2v) is 6.27. The Kier molecular flexibility index (Phi) is 4.39. The number of pyridine rings is 3. The number of rotatable bonds is 3. The van der Waals surface area contributed by atoms with Gasteiger partial charge < -0.3 is 10.2 Å². The molecule has 0 aromatic carbocycles. The van der Waals surface area contributed by atoms with Crippen molar-refractivity contribution >= 4 is 5.82 Å². The summed E-state index contributed by atoms with van der Waals surface area (Å²) in [5, 5.41) is 3.37. The van der Waals surface area contributed by atoms with E-state index in [1.54, 1.807) is 0 Å². The smallest absolute Gasteiger partial charge is 0.129 e. The van der Waals surface area contributed by atoms with E-state index in [1.165, 1.54) is 5.56 Å². The van der Waals surface area contributed by atoms with Gasteiger partial charge in [0.1, 0.15) is 5.82 Å². The molecule has 3 aromatic rings. The summed E-state index contributed by atoms with van der Waals surface area (Å²) in [6, 6.07) is 14.3. The number of aryl methyl sites for hydroxylation is 1. The van der Waals surface area contributed by atoms with E-state index < -0.39 is 0 Å². The second-order valence-electron chi connectivity index (χ2n) is 6.27. The quantitative estimate of drug-likeness (QED) is 0.800. The predicted octanol–water partition coefficient (Wildman–Crippen LogP) is 2.92. The lowest BCUT2D eigenvalue weighted by atomic mass is 10.1. The third-order valence-corrected chi connectivity index (χ3v) is 4.41. The lowest BCUT2D eigenvalue weighted by molar-refractivity contribution is 0.585. The summed E-state index contributed by atoms with van der Waals surface area (Å²) in [4.78, 5) is 16.1. The average molecular weight is 331 g/mol. The number of anilines is 1. The van der Waals surface area contributed by atoms with Crippen molar-refractivity contribution in [3.05, 3.63) is 60.4 Å². The van der Waals surface area contributed by atoms with Gasteiger partial charge in [-0.1, -0.05) is 6.07 Å². The van der Waals surface area contributed by atoms with E-state index in [0.29, 0.717) is 0 Å². The number of hydrogen-bond donors (Lipinski definition) is 1. The molecule has 1 N–H and O–H groups in total. The van der Waals surface area contributed by atoms with E-state index >= 15 is 0 Å². The Bertz CT molecular complexity index is 871. The molecular weight excluding hydrogens is 310 g/mol. The highest BCUT2D eigenvalue weighted by atomic mass is 15.2. The molecule has 0 atom stereocenters. The van der Waals surface area contributed by atoms with Crippen molar-refractivity contribution in [3.8, 4) is 22.6 Å². The van der Waals surface area contributed by atoms with Crippen LogP contribution < -0.4 is 10.2 Å². The Morgan fingerprint density at radius 2 is 1.68 bits per heavy atom. The van der Waals surface area contributed by atoms with Crippen LogP contribution in [0.15, 0.2) is 54.9 Å². The zero-order valence-corrected chi connectivity index (χ0v) is 14.3. The largest absolute Gasteiger partial charge is 0.354 e. The summed E-state index contributed by atoms with van der Waals surface area (Å²) in [7, 11) is 0. The molecule has 0 aliphatic carbocycles. The average Bonchev–Trinajstić information content (AvgIpc) is 2.69. The molecule has 0 amide bonds. The standard InChI is InChI=1S/C20H21N5/c1-15-5-7-22-19(13-15)18-4-2-3-17(24-18)16-6-8-23-20(14-16)25-11-9-21-10-12-25/h2-8,13-14,21H,9-12H2,1H3. The SMILES string of the molecule is Cc1ccnc(-c2cccc(-c3ccnc(N4CCNCC4)c3)n2)c1. The van der Waals surface area contributed by atoms with E-state index in [1.807, 2.05) is 42.7 Å². The van der Waals surface area contributed by atoms with Crippen molar-refractivity contribution < 1.29 is 0 Å². The van der Waals surface area contributed by atoms with E-state index in [9.17, 15) is 0 Å². The fourth-order valence-corrected chi connectivity index (χ4v) is 3.06. The van der Waals surface area contributed by atoms with Crippen molar-refractivity contribution in [2.24, 2.45) is 0 Å². The normalized spacial score (nSPS) is 14.5. The lowest BCUT2D eigenvalue weighted by Gasteiger charge is -2.28. The summed E-state index contributed by atoms with van der Waals surface area (Å²) < 4.78 is 0. The molecule has 0 saturated carbocycles. The van der Waals surface area contributed by atoms with Crippen molar-refractivity contribution in [1.82, 2.24) is 20.3 Å². The van der Waals surface area contributed by atoms with Gasteiger partial charge in [-0.3, -0.25) is 4.98 Å². The first-order chi connectivity index (χ1) is 12.3. The molecule has 1 aliphatic heterocycles. The zero-order valence-electron chi connectivity index (χ0n) is 14.3. The van der Waals surface area contributed by atoms with Crippen molar-refractivity contribution in [2.75, 3.05) is 31.1 Å². The Hall–Kier alpha value is -2.79. The van der Waals surface area contributed by atoms with Crippen molar-refractivity contribution in [2.45, 2.75) is 6.92 Å². The van der Waals surface area contributed by atoms with Crippen LogP contribution in [0.5, 0.6) is 0 Å². The molecule has 3 aromatic heterocycles. The minimum absolute atomic E-state index is 0.890. The first kappa shape index (κ1) is 15.7. The Morgan fingerprint density at radius 3 is 2.52 bits per heavy atom. The lowest BCUT2D eigenvalue weighted by Crippen LogP contribution is -2.43. The summed E-state index contributed by atoms with van der Waals surface area (Å²) in [6.07, 6.45) is 3.69. The summed E-state index contributed by atoms with van der Waals surface area (Å²) in [6.45, 7) is 6.03. The van der Waals surface area contributed by atoms with Crippen LogP contribution in [0, 0.1) is 6.92 Å². The molecule has 1 saturated heterocycles. The molecule has 5 heteroatoms. The maximum Gasteiger partial charge on any atom is 0.129 e. The van der Waals surface area contributed by atoms with Crippen LogP contribution in [-0.2, 0) is 0 Å². The fourth-order valence-electron chi connectivity index (χ4n) is 3.06. The second kappa shape index (κ2) is 6.99. The van der Waals surface area contributed by atoms with Gasteiger partial charge in [0, 0.05) is 44.1 Å². The fraction of sp³-hybridized carbons (Fsp3) is 0.250. The van der Waals surface area contributed by atoms with Crippen molar-refractivity contribution in [3.63, 3.8) is 0 Å². The Labute approximate surface area is 147 Å². The van der Waals surface area contributed by atoms with Crippen LogP contribution >= 0.6 is 0 Å². The van der Waals surface area contributed by atoms with Gasteiger partial charge in [0.25, 0.3) is 0 Å². The molecule has 4 rings (SSSR count). The number of hydrogen-bond acceptors (Lipinski definition) is 5.